The molecule has 0 aromatic heterocycles. The Morgan fingerprint density at radius 2 is 2.00 bits per heavy atom. The smallest absolute Gasteiger partial charge is 0.319 e. The van der Waals surface area contributed by atoms with Gasteiger partial charge in [0.15, 0.2) is 0 Å². The lowest BCUT2D eigenvalue weighted by atomic mass is 10.2. The molecular weight excluding hydrogens is 236 g/mol. The Balaban J connectivity index is 2.63. The Labute approximate surface area is 106 Å². The summed E-state index contributed by atoms with van der Waals surface area (Å²) >= 11 is 0. The molecule has 6 heteroatoms. The number of nitrogens with one attached hydrogen (secondary N) is 2. The number of anilines is 1. The van der Waals surface area contributed by atoms with Gasteiger partial charge in [-0.1, -0.05) is 0 Å². The fourth-order valence-corrected chi connectivity index (χ4v) is 1.33. The number of amides is 2. The fraction of sp³-hybridized carbons (Fsp3) is 0.417. The Morgan fingerprint density at radius 3 is 2.61 bits per heavy atom. The van der Waals surface area contributed by atoms with Crippen LogP contribution < -0.4 is 20.1 Å². The number of benzene rings is 1. The molecule has 2 N–H and O–H groups in total. The zero-order chi connectivity index (χ0) is 13.4. The van der Waals surface area contributed by atoms with Gasteiger partial charge in [-0.2, -0.15) is 0 Å². The standard InChI is InChI=1S/C12H18N2O4/c1-16-7-6-13-12(15)14-10-5-4-9(17-2)8-11(10)18-3/h4-5,8H,6-7H2,1-3H3,(H2,13,14,15). The molecule has 0 aliphatic heterocycles. The van der Waals surface area contributed by atoms with Crippen LogP contribution in [0.4, 0.5) is 10.5 Å². The Morgan fingerprint density at radius 1 is 1.22 bits per heavy atom. The van der Waals surface area contributed by atoms with Crippen molar-refractivity contribution in [2.24, 2.45) is 0 Å². The molecule has 0 heterocycles. The second-order valence-corrected chi connectivity index (χ2v) is 3.44. The highest BCUT2D eigenvalue weighted by Crippen LogP contribution is 2.28. The van der Waals surface area contributed by atoms with Gasteiger partial charge in [-0.15, -0.1) is 0 Å². The molecule has 1 aromatic rings. The van der Waals surface area contributed by atoms with Gasteiger partial charge in [0.05, 0.1) is 26.5 Å². The van der Waals surface area contributed by atoms with Crippen molar-refractivity contribution in [1.82, 2.24) is 5.32 Å². The molecule has 0 saturated carbocycles. The van der Waals surface area contributed by atoms with Crippen LogP contribution in [0.5, 0.6) is 11.5 Å². The van der Waals surface area contributed by atoms with E-state index >= 15 is 0 Å². The molecule has 0 atom stereocenters. The lowest BCUT2D eigenvalue weighted by Crippen LogP contribution is -2.31. The van der Waals surface area contributed by atoms with Gasteiger partial charge in [0.2, 0.25) is 0 Å². The van der Waals surface area contributed by atoms with Crippen LogP contribution in [0.15, 0.2) is 18.2 Å². The van der Waals surface area contributed by atoms with Gasteiger partial charge in [0.25, 0.3) is 0 Å². The van der Waals surface area contributed by atoms with E-state index in [1.165, 1.54) is 7.11 Å². The van der Waals surface area contributed by atoms with Gasteiger partial charge in [-0.25, -0.2) is 4.79 Å². The molecule has 0 spiro atoms. The number of urea groups is 1. The summed E-state index contributed by atoms with van der Waals surface area (Å²) in [6.07, 6.45) is 0. The number of hydrogen-bond acceptors (Lipinski definition) is 4. The summed E-state index contributed by atoms with van der Waals surface area (Å²) in [5, 5.41) is 5.34. The van der Waals surface area contributed by atoms with E-state index in [0.717, 1.165) is 0 Å². The van der Waals surface area contributed by atoms with Crippen LogP contribution in [0.2, 0.25) is 0 Å². The zero-order valence-electron chi connectivity index (χ0n) is 10.8. The van der Waals surface area contributed by atoms with Crippen molar-refractivity contribution in [3.05, 3.63) is 18.2 Å². The molecule has 0 aliphatic rings. The van der Waals surface area contributed by atoms with Crippen LogP contribution >= 0.6 is 0 Å². The summed E-state index contributed by atoms with van der Waals surface area (Å²) in [5.74, 6) is 1.20. The van der Waals surface area contributed by atoms with Gasteiger partial charge in [0, 0.05) is 19.7 Å². The largest absolute Gasteiger partial charge is 0.497 e. The molecule has 0 unspecified atom stereocenters. The van der Waals surface area contributed by atoms with Crippen LogP contribution in [0.1, 0.15) is 0 Å². The van der Waals surface area contributed by atoms with E-state index in [1.807, 2.05) is 0 Å². The van der Waals surface area contributed by atoms with Crippen LogP contribution in [0, 0.1) is 0 Å². The summed E-state index contributed by atoms with van der Waals surface area (Å²) in [6.45, 7) is 0.911. The monoisotopic (exact) mass is 254 g/mol. The van der Waals surface area contributed by atoms with Gasteiger partial charge in [-0.3, -0.25) is 0 Å². The summed E-state index contributed by atoms with van der Waals surface area (Å²) in [4.78, 5) is 11.5. The molecule has 0 bridgehead atoms. The van der Waals surface area contributed by atoms with Crippen molar-refractivity contribution in [3.63, 3.8) is 0 Å². The summed E-state index contributed by atoms with van der Waals surface area (Å²) in [6, 6.07) is 4.85. The Bertz CT molecular complexity index is 396. The third-order valence-electron chi connectivity index (χ3n) is 2.25. The topological polar surface area (TPSA) is 68.8 Å². The molecule has 2 amide bonds. The van der Waals surface area contributed by atoms with E-state index < -0.39 is 0 Å². The Kier molecular flexibility index (Phi) is 5.79. The van der Waals surface area contributed by atoms with Crippen molar-refractivity contribution >= 4 is 11.7 Å². The van der Waals surface area contributed by atoms with Crippen LogP contribution in [-0.4, -0.2) is 40.5 Å². The van der Waals surface area contributed by atoms with Gasteiger partial charge >= 0.3 is 6.03 Å². The highest BCUT2D eigenvalue weighted by Gasteiger charge is 2.08. The Hall–Kier alpha value is -1.95. The summed E-state index contributed by atoms with van der Waals surface area (Å²) in [5.41, 5.74) is 0.577. The van der Waals surface area contributed by atoms with Gasteiger partial charge < -0.3 is 24.8 Å². The lowest BCUT2D eigenvalue weighted by Gasteiger charge is -2.12. The third kappa shape index (κ3) is 4.14. The number of rotatable bonds is 6. The van der Waals surface area contributed by atoms with Crippen molar-refractivity contribution in [1.29, 1.82) is 0 Å². The predicted octanol–water partition coefficient (Wildman–Crippen LogP) is 1.47. The van der Waals surface area contributed by atoms with E-state index in [1.54, 1.807) is 32.4 Å². The van der Waals surface area contributed by atoms with E-state index in [0.29, 0.717) is 30.3 Å². The second kappa shape index (κ2) is 7.39. The van der Waals surface area contributed by atoms with Crippen LogP contribution in [0.3, 0.4) is 0 Å². The summed E-state index contributed by atoms with van der Waals surface area (Å²) in [7, 11) is 4.67. The van der Waals surface area contributed by atoms with Crippen molar-refractivity contribution in [2.75, 3.05) is 39.8 Å². The molecule has 0 aliphatic carbocycles. The van der Waals surface area contributed by atoms with Gasteiger partial charge in [0.1, 0.15) is 11.5 Å². The lowest BCUT2D eigenvalue weighted by molar-refractivity contribution is 0.198. The first kappa shape index (κ1) is 14.1. The number of carbonyl (C=O) groups excluding carboxylic acids is 1. The van der Waals surface area contributed by atoms with E-state index in [-0.39, 0.29) is 6.03 Å². The molecule has 1 rings (SSSR count). The van der Waals surface area contributed by atoms with Crippen molar-refractivity contribution in [2.45, 2.75) is 0 Å². The molecule has 1 aromatic carbocycles. The first-order valence-corrected chi connectivity index (χ1v) is 5.47. The molecule has 0 saturated heterocycles. The van der Waals surface area contributed by atoms with Gasteiger partial charge in [-0.05, 0) is 12.1 Å². The molecule has 0 fully saturated rings. The molecule has 0 radical (unpaired) electrons. The van der Waals surface area contributed by atoms with Crippen LogP contribution in [0.25, 0.3) is 0 Å². The normalized spacial score (nSPS) is 9.72. The molecule has 6 nitrogen and oxygen atoms in total. The predicted molar refractivity (Wildman–Crippen MR) is 68.4 cm³/mol. The number of carbonyl (C=O) groups is 1. The second-order valence-electron chi connectivity index (χ2n) is 3.44. The van der Waals surface area contributed by atoms with Crippen molar-refractivity contribution < 1.29 is 19.0 Å². The third-order valence-corrected chi connectivity index (χ3v) is 2.25. The first-order valence-electron chi connectivity index (χ1n) is 5.47. The molecule has 100 valence electrons. The molecular formula is C12H18N2O4. The quantitative estimate of drug-likeness (QED) is 0.754. The van der Waals surface area contributed by atoms with E-state index in [9.17, 15) is 4.79 Å². The number of hydrogen-bond donors (Lipinski definition) is 2. The average Bonchev–Trinajstić information content (AvgIpc) is 2.39. The van der Waals surface area contributed by atoms with Crippen LogP contribution in [-0.2, 0) is 4.74 Å². The van der Waals surface area contributed by atoms with E-state index in [2.05, 4.69) is 10.6 Å². The number of ether oxygens (including phenoxy) is 3. The first-order chi connectivity index (χ1) is 8.71. The maximum Gasteiger partial charge on any atom is 0.319 e. The average molecular weight is 254 g/mol. The molecule has 18 heavy (non-hydrogen) atoms. The van der Waals surface area contributed by atoms with Crippen molar-refractivity contribution in [3.8, 4) is 11.5 Å². The maximum atomic E-state index is 11.5. The number of methoxy groups -OCH3 is 3. The zero-order valence-corrected chi connectivity index (χ0v) is 10.8. The highest BCUT2D eigenvalue weighted by atomic mass is 16.5. The highest BCUT2D eigenvalue weighted by molar-refractivity contribution is 5.91. The maximum absolute atomic E-state index is 11.5. The minimum absolute atomic E-state index is 0.310. The fourth-order valence-electron chi connectivity index (χ4n) is 1.33. The van der Waals surface area contributed by atoms with E-state index in [4.69, 9.17) is 14.2 Å². The SMILES string of the molecule is COCCNC(=O)Nc1ccc(OC)cc1OC. The minimum Gasteiger partial charge on any atom is -0.497 e. The minimum atomic E-state index is -0.310. The summed E-state index contributed by atoms with van der Waals surface area (Å²) < 4.78 is 15.1.